The van der Waals surface area contributed by atoms with E-state index in [1.165, 1.54) is 0 Å². The largest absolute Gasteiger partial charge is 0.373 e. The third kappa shape index (κ3) is 4.91. The number of aryl methyl sites for hydroxylation is 1. The second kappa shape index (κ2) is 8.27. The van der Waals surface area contributed by atoms with E-state index in [-0.39, 0.29) is 6.10 Å². The van der Waals surface area contributed by atoms with Gasteiger partial charge in [0.1, 0.15) is 6.10 Å². The van der Waals surface area contributed by atoms with Gasteiger partial charge in [-0.15, -0.1) is 0 Å². The van der Waals surface area contributed by atoms with E-state index in [4.69, 9.17) is 15.0 Å². The van der Waals surface area contributed by atoms with E-state index in [9.17, 15) is 0 Å². The summed E-state index contributed by atoms with van der Waals surface area (Å²) in [4.78, 5) is 4.41. The quantitative estimate of drug-likeness (QED) is 0.746. The Morgan fingerprint density at radius 1 is 1.32 bits per heavy atom. The molecule has 0 saturated carbocycles. The van der Waals surface area contributed by atoms with Crippen LogP contribution in [0.4, 0.5) is 0 Å². The molecule has 2 N–H and O–H groups in total. The molecule has 0 fully saturated rings. The van der Waals surface area contributed by atoms with Crippen LogP contribution in [0.15, 0.2) is 4.52 Å². The average Bonchev–Trinajstić information content (AvgIpc) is 2.84. The van der Waals surface area contributed by atoms with Crippen LogP contribution in [0.5, 0.6) is 0 Å². The molecule has 2 atom stereocenters. The summed E-state index contributed by atoms with van der Waals surface area (Å²) in [6, 6.07) is 0. The van der Waals surface area contributed by atoms with E-state index in [1.807, 2.05) is 6.92 Å². The third-order valence-corrected chi connectivity index (χ3v) is 3.64. The van der Waals surface area contributed by atoms with Gasteiger partial charge in [0.2, 0.25) is 11.7 Å². The van der Waals surface area contributed by atoms with Crippen LogP contribution in [-0.4, -0.2) is 23.8 Å². The number of ether oxygens (including phenoxy) is 1. The molecule has 0 bridgehead atoms. The minimum atomic E-state index is -0.0672. The molecule has 0 aliphatic rings. The first-order valence-electron chi connectivity index (χ1n) is 7.17. The van der Waals surface area contributed by atoms with E-state index in [0.29, 0.717) is 23.6 Å². The van der Waals surface area contributed by atoms with Gasteiger partial charge in [0.25, 0.3) is 0 Å². The van der Waals surface area contributed by atoms with E-state index in [2.05, 4.69) is 24.0 Å². The van der Waals surface area contributed by atoms with Gasteiger partial charge in [-0.3, -0.25) is 0 Å². The maximum Gasteiger partial charge on any atom is 0.226 e. The van der Waals surface area contributed by atoms with Gasteiger partial charge in [0.15, 0.2) is 0 Å². The van der Waals surface area contributed by atoms with Crippen molar-refractivity contribution >= 4 is 0 Å². The standard InChI is InChI=1S/C14H27N3O2/c1-5-12(18-4)14-16-13(19-17-14)7-6-11(8-9-15)10(2)3/h10-12H,5-9,15H2,1-4H3. The molecule has 5 nitrogen and oxygen atoms in total. The fourth-order valence-electron chi connectivity index (χ4n) is 2.29. The molecule has 19 heavy (non-hydrogen) atoms. The van der Waals surface area contributed by atoms with Gasteiger partial charge in [-0.25, -0.2) is 0 Å². The summed E-state index contributed by atoms with van der Waals surface area (Å²) >= 11 is 0. The Kier molecular flexibility index (Phi) is 7.02. The second-order valence-corrected chi connectivity index (χ2v) is 5.30. The number of rotatable bonds is 9. The van der Waals surface area contributed by atoms with E-state index >= 15 is 0 Å². The molecule has 0 amide bonds. The zero-order valence-electron chi connectivity index (χ0n) is 12.6. The summed E-state index contributed by atoms with van der Waals surface area (Å²) in [7, 11) is 1.67. The van der Waals surface area contributed by atoms with Crippen molar-refractivity contribution in [2.75, 3.05) is 13.7 Å². The molecule has 110 valence electrons. The lowest BCUT2D eigenvalue weighted by Gasteiger charge is -2.18. The highest BCUT2D eigenvalue weighted by atomic mass is 16.5. The molecule has 0 aromatic carbocycles. The lowest BCUT2D eigenvalue weighted by Crippen LogP contribution is -2.15. The predicted molar refractivity (Wildman–Crippen MR) is 74.7 cm³/mol. The summed E-state index contributed by atoms with van der Waals surface area (Å²) in [6.45, 7) is 7.25. The molecular formula is C14H27N3O2. The first-order chi connectivity index (χ1) is 9.12. The molecule has 0 aliphatic heterocycles. The van der Waals surface area contributed by atoms with Crippen LogP contribution in [-0.2, 0) is 11.2 Å². The van der Waals surface area contributed by atoms with Crippen LogP contribution in [0.2, 0.25) is 0 Å². The first-order valence-corrected chi connectivity index (χ1v) is 7.17. The Morgan fingerprint density at radius 3 is 2.58 bits per heavy atom. The molecule has 2 unspecified atom stereocenters. The van der Waals surface area contributed by atoms with Crippen molar-refractivity contribution in [2.24, 2.45) is 17.6 Å². The van der Waals surface area contributed by atoms with Crippen molar-refractivity contribution < 1.29 is 9.26 Å². The summed E-state index contributed by atoms with van der Waals surface area (Å²) in [5.41, 5.74) is 5.65. The van der Waals surface area contributed by atoms with E-state index < -0.39 is 0 Å². The Balaban J connectivity index is 2.53. The van der Waals surface area contributed by atoms with Crippen molar-refractivity contribution in [3.8, 4) is 0 Å². The Morgan fingerprint density at radius 2 is 2.05 bits per heavy atom. The number of nitrogens with zero attached hydrogens (tertiary/aromatic N) is 2. The van der Waals surface area contributed by atoms with Gasteiger partial charge in [0, 0.05) is 13.5 Å². The van der Waals surface area contributed by atoms with Crippen LogP contribution >= 0.6 is 0 Å². The van der Waals surface area contributed by atoms with Crippen molar-refractivity contribution in [3.05, 3.63) is 11.7 Å². The average molecular weight is 269 g/mol. The molecule has 0 aliphatic carbocycles. The smallest absolute Gasteiger partial charge is 0.226 e. The normalized spacial score (nSPS) is 14.8. The zero-order chi connectivity index (χ0) is 14.3. The maximum atomic E-state index is 5.65. The lowest BCUT2D eigenvalue weighted by molar-refractivity contribution is 0.0903. The number of methoxy groups -OCH3 is 1. The van der Waals surface area contributed by atoms with Crippen LogP contribution in [0, 0.1) is 11.8 Å². The molecule has 1 heterocycles. The molecular weight excluding hydrogens is 242 g/mol. The van der Waals surface area contributed by atoms with Gasteiger partial charge < -0.3 is 15.0 Å². The van der Waals surface area contributed by atoms with Gasteiger partial charge in [-0.1, -0.05) is 25.9 Å². The lowest BCUT2D eigenvalue weighted by atomic mass is 9.88. The molecule has 1 rings (SSSR count). The number of hydrogen-bond acceptors (Lipinski definition) is 5. The van der Waals surface area contributed by atoms with Gasteiger partial charge in [-0.2, -0.15) is 4.98 Å². The summed E-state index contributed by atoms with van der Waals surface area (Å²) in [5, 5.41) is 3.99. The summed E-state index contributed by atoms with van der Waals surface area (Å²) in [6.07, 6.45) is 3.68. The highest BCUT2D eigenvalue weighted by Gasteiger charge is 2.18. The Labute approximate surface area is 115 Å². The zero-order valence-corrected chi connectivity index (χ0v) is 12.6. The van der Waals surface area contributed by atoms with Crippen molar-refractivity contribution in [2.45, 2.75) is 52.6 Å². The van der Waals surface area contributed by atoms with E-state index in [1.54, 1.807) is 7.11 Å². The molecule has 5 heteroatoms. The molecule has 1 aromatic rings. The molecule has 1 aromatic heterocycles. The van der Waals surface area contributed by atoms with Crippen LogP contribution in [0.25, 0.3) is 0 Å². The minimum Gasteiger partial charge on any atom is -0.373 e. The minimum absolute atomic E-state index is 0.0672. The number of nitrogens with two attached hydrogens (primary N) is 1. The second-order valence-electron chi connectivity index (χ2n) is 5.30. The highest BCUT2D eigenvalue weighted by Crippen LogP contribution is 2.22. The topological polar surface area (TPSA) is 74.2 Å². The van der Waals surface area contributed by atoms with Crippen LogP contribution in [0.1, 0.15) is 57.9 Å². The highest BCUT2D eigenvalue weighted by molar-refractivity contribution is 4.91. The molecule has 0 spiro atoms. The maximum absolute atomic E-state index is 5.65. The van der Waals surface area contributed by atoms with Crippen LogP contribution < -0.4 is 5.73 Å². The number of hydrogen-bond donors (Lipinski definition) is 1. The van der Waals surface area contributed by atoms with Crippen molar-refractivity contribution in [3.63, 3.8) is 0 Å². The fraction of sp³-hybridized carbons (Fsp3) is 0.857. The molecule has 0 radical (unpaired) electrons. The Bertz CT molecular complexity index is 348. The third-order valence-electron chi connectivity index (χ3n) is 3.64. The number of aromatic nitrogens is 2. The van der Waals surface area contributed by atoms with Crippen molar-refractivity contribution in [1.29, 1.82) is 0 Å². The predicted octanol–water partition coefficient (Wildman–Crippen LogP) is 2.72. The van der Waals surface area contributed by atoms with Gasteiger partial charge in [-0.05, 0) is 37.6 Å². The van der Waals surface area contributed by atoms with Gasteiger partial charge in [0.05, 0.1) is 0 Å². The monoisotopic (exact) mass is 269 g/mol. The van der Waals surface area contributed by atoms with Crippen LogP contribution in [0.3, 0.4) is 0 Å². The first kappa shape index (κ1) is 16.1. The van der Waals surface area contributed by atoms with E-state index in [0.717, 1.165) is 32.2 Å². The fourth-order valence-corrected chi connectivity index (χ4v) is 2.29. The van der Waals surface area contributed by atoms with Gasteiger partial charge >= 0.3 is 0 Å². The SMILES string of the molecule is CCC(OC)c1noc(CCC(CCN)C(C)C)n1. The summed E-state index contributed by atoms with van der Waals surface area (Å²) in [5.74, 6) is 2.60. The summed E-state index contributed by atoms with van der Waals surface area (Å²) < 4.78 is 10.6. The Hall–Kier alpha value is -0.940. The molecule has 0 saturated heterocycles. The van der Waals surface area contributed by atoms with Crippen molar-refractivity contribution in [1.82, 2.24) is 10.1 Å².